The highest BCUT2D eigenvalue weighted by molar-refractivity contribution is 5.63. The van der Waals surface area contributed by atoms with E-state index in [9.17, 15) is 0 Å². The average Bonchev–Trinajstić information content (AvgIpc) is 3.18. The molecule has 2 aromatic rings. The molecule has 1 saturated heterocycles. The Morgan fingerprint density at radius 3 is 2.64 bits per heavy atom. The third-order valence-corrected chi connectivity index (χ3v) is 5.43. The van der Waals surface area contributed by atoms with Crippen molar-refractivity contribution in [3.8, 4) is 17.2 Å². The number of hydrogen-bond donors (Lipinski definition) is 0. The monoisotopic (exact) mass is 343 g/mol. The number of likely N-dealkylation sites (N-methyl/N-ethyl adjacent to an activating group) is 1. The van der Waals surface area contributed by atoms with Gasteiger partial charge in [0.25, 0.3) is 0 Å². The van der Waals surface area contributed by atoms with E-state index >= 15 is 0 Å². The van der Waals surface area contributed by atoms with E-state index in [0.29, 0.717) is 11.9 Å². The Labute approximate surface area is 150 Å². The second-order valence-electron chi connectivity index (χ2n) is 7.23. The van der Waals surface area contributed by atoms with Crippen LogP contribution in [0, 0.1) is 20.8 Å². The molecule has 0 spiro atoms. The molecule has 2 heterocycles. The topological polar surface area (TPSA) is 41.7 Å². The van der Waals surface area contributed by atoms with Gasteiger partial charge in [-0.3, -0.25) is 4.90 Å². The minimum absolute atomic E-state index is 0.637. The van der Waals surface area contributed by atoms with Crippen LogP contribution in [0.3, 0.4) is 0 Å². The largest absolute Gasteiger partial charge is 0.496 e. The molecule has 1 aliphatic heterocycles. The van der Waals surface area contributed by atoms with Gasteiger partial charge in [-0.2, -0.15) is 0 Å². The number of hydrogen-bond acceptors (Lipinski definition) is 5. The minimum atomic E-state index is 0.637. The van der Waals surface area contributed by atoms with Crippen molar-refractivity contribution >= 4 is 0 Å². The Morgan fingerprint density at radius 1 is 1.24 bits per heavy atom. The number of nitrogens with zero attached hydrogens (tertiary/aromatic N) is 3. The van der Waals surface area contributed by atoms with Crippen molar-refractivity contribution in [1.82, 2.24) is 14.8 Å². The van der Waals surface area contributed by atoms with Crippen molar-refractivity contribution in [1.29, 1.82) is 0 Å². The van der Waals surface area contributed by atoms with Gasteiger partial charge in [0.1, 0.15) is 11.5 Å². The van der Waals surface area contributed by atoms with Crippen LogP contribution in [0.2, 0.25) is 0 Å². The quantitative estimate of drug-likeness (QED) is 0.832. The maximum absolute atomic E-state index is 6.01. The highest BCUT2D eigenvalue weighted by Crippen LogP contribution is 2.32. The molecule has 0 N–H and O–H groups in total. The first-order chi connectivity index (χ1) is 11.9. The molecule has 0 amide bonds. The number of methoxy groups -OCH3 is 1. The normalized spacial score (nSPS) is 18.3. The Balaban J connectivity index is 1.80. The summed E-state index contributed by atoms with van der Waals surface area (Å²) < 4.78 is 11.4. The second kappa shape index (κ2) is 7.18. The molecule has 1 aromatic carbocycles. The summed E-state index contributed by atoms with van der Waals surface area (Å²) in [6, 6.07) is 4.66. The lowest BCUT2D eigenvalue weighted by molar-refractivity contribution is 0.262. The van der Waals surface area contributed by atoms with Crippen LogP contribution in [0.25, 0.3) is 11.5 Å². The Kier molecular flexibility index (Phi) is 5.16. The first-order valence-electron chi connectivity index (χ1n) is 8.90. The number of ether oxygens (including phenoxy) is 1. The fourth-order valence-corrected chi connectivity index (χ4v) is 3.53. The zero-order valence-electron chi connectivity index (χ0n) is 16.2. The van der Waals surface area contributed by atoms with Gasteiger partial charge in [-0.1, -0.05) is 0 Å². The molecule has 3 rings (SSSR count). The lowest BCUT2D eigenvalue weighted by Gasteiger charge is -2.19. The number of aromatic nitrogens is 1. The van der Waals surface area contributed by atoms with Gasteiger partial charge in [0, 0.05) is 31.2 Å². The molecular formula is C20H29N3O2. The van der Waals surface area contributed by atoms with Gasteiger partial charge in [-0.25, -0.2) is 4.98 Å². The van der Waals surface area contributed by atoms with Crippen molar-refractivity contribution in [2.24, 2.45) is 0 Å². The van der Waals surface area contributed by atoms with Crippen molar-refractivity contribution < 1.29 is 9.15 Å². The van der Waals surface area contributed by atoms with Gasteiger partial charge in [0.2, 0.25) is 5.89 Å². The highest BCUT2D eigenvalue weighted by Gasteiger charge is 2.25. The summed E-state index contributed by atoms with van der Waals surface area (Å²) in [5.74, 6) is 2.52. The van der Waals surface area contributed by atoms with E-state index < -0.39 is 0 Å². The second-order valence-corrected chi connectivity index (χ2v) is 7.23. The maximum atomic E-state index is 6.01. The SMILES string of the molecule is COc1ccc(-c2nc(CN3CC[C@H](N(C)C)C3)c(C)o2)c(C)c1C. The van der Waals surface area contributed by atoms with Crippen molar-refractivity contribution in [3.05, 3.63) is 34.7 Å². The predicted octanol–water partition coefficient (Wildman–Crippen LogP) is 3.41. The van der Waals surface area contributed by atoms with Gasteiger partial charge >= 0.3 is 0 Å². The molecule has 136 valence electrons. The van der Waals surface area contributed by atoms with Crippen LogP contribution in [0.15, 0.2) is 16.5 Å². The van der Waals surface area contributed by atoms with Gasteiger partial charge in [0.15, 0.2) is 0 Å². The molecule has 5 nitrogen and oxygen atoms in total. The molecular weight excluding hydrogens is 314 g/mol. The zero-order chi connectivity index (χ0) is 18.1. The fraction of sp³-hybridized carbons (Fsp3) is 0.550. The molecule has 0 bridgehead atoms. The first kappa shape index (κ1) is 18.0. The van der Waals surface area contributed by atoms with E-state index in [1.165, 1.54) is 6.42 Å². The van der Waals surface area contributed by atoms with Crippen LogP contribution >= 0.6 is 0 Å². The average molecular weight is 343 g/mol. The number of aryl methyl sites for hydroxylation is 1. The highest BCUT2D eigenvalue weighted by atomic mass is 16.5. The van der Waals surface area contributed by atoms with Gasteiger partial charge in [-0.15, -0.1) is 0 Å². The van der Waals surface area contributed by atoms with Crippen LogP contribution in [-0.2, 0) is 6.54 Å². The minimum Gasteiger partial charge on any atom is -0.496 e. The summed E-state index contributed by atoms with van der Waals surface area (Å²) in [6.45, 7) is 9.24. The molecule has 25 heavy (non-hydrogen) atoms. The van der Waals surface area contributed by atoms with Crippen LogP contribution in [0.1, 0.15) is 29.0 Å². The summed E-state index contributed by atoms with van der Waals surface area (Å²) in [5, 5.41) is 0. The molecule has 1 fully saturated rings. The number of likely N-dealkylation sites (tertiary alicyclic amines) is 1. The first-order valence-corrected chi connectivity index (χ1v) is 8.90. The van der Waals surface area contributed by atoms with Crippen molar-refractivity contribution in [2.45, 2.75) is 39.8 Å². The molecule has 0 aliphatic carbocycles. The van der Waals surface area contributed by atoms with Crippen LogP contribution < -0.4 is 4.74 Å². The van der Waals surface area contributed by atoms with E-state index in [4.69, 9.17) is 14.1 Å². The number of oxazole rings is 1. The Hall–Kier alpha value is -1.85. The number of rotatable bonds is 5. The lowest BCUT2D eigenvalue weighted by Crippen LogP contribution is -2.31. The fourth-order valence-electron chi connectivity index (χ4n) is 3.53. The zero-order valence-corrected chi connectivity index (χ0v) is 16.2. The van der Waals surface area contributed by atoms with Crippen LogP contribution in [0.5, 0.6) is 5.75 Å². The van der Waals surface area contributed by atoms with E-state index in [0.717, 1.165) is 53.5 Å². The van der Waals surface area contributed by atoms with Crippen LogP contribution in [0.4, 0.5) is 0 Å². The molecule has 1 aromatic heterocycles. The number of benzene rings is 1. The molecule has 1 aliphatic rings. The van der Waals surface area contributed by atoms with E-state index in [2.05, 4.69) is 37.7 Å². The maximum Gasteiger partial charge on any atom is 0.226 e. The Morgan fingerprint density at radius 2 is 2.00 bits per heavy atom. The van der Waals surface area contributed by atoms with E-state index in [1.807, 2.05) is 19.1 Å². The summed E-state index contributed by atoms with van der Waals surface area (Å²) in [4.78, 5) is 9.58. The molecule has 0 unspecified atom stereocenters. The van der Waals surface area contributed by atoms with Gasteiger partial charge < -0.3 is 14.1 Å². The smallest absolute Gasteiger partial charge is 0.226 e. The molecule has 0 saturated carbocycles. The van der Waals surface area contributed by atoms with Crippen LogP contribution in [-0.4, -0.2) is 55.1 Å². The molecule has 1 atom stereocenters. The van der Waals surface area contributed by atoms with Crippen molar-refractivity contribution in [3.63, 3.8) is 0 Å². The van der Waals surface area contributed by atoms with Crippen molar-refractivity contribution in [2.75, 3.05) is 34.3 Å². The van der Waals surface area contributed by atoms with Gasteiger partial charge in [0.05, 0.1) is 12.8 Å². The standard InChI is InChI=1S/C20H29N3O2/c1-13-14(2)19(24-6)8-7-17(13)20-21-18(15(3)25-20)12-23-10-9-16(11-23)22(4)5/h7-8,16H,9-12H2,1-6H3/t16-/m0/s1. The Bertz CT molecular complexity index is 752. The third-order valence-electron chi connectivity index (χ3n) is 5.43. The van der Waals surface area contributed by atoms with E-state index in [-0.39, 0.29) is 0 Å². The summed E-state index contributed by atoms with van der Waals surface area (Å²) in [6.07, 6.45) is 1.22. The van der Waals surface area contributed by atoms with Gasteiger partial charge in [-0.05, 0) is 64.5 Å². The van der Waals surface area contributed by atoms with E-state index in [1.54, 1.807) is 7.11 Å². The summed E-state index contributed by atoms with van der Waals surface area (Å²) in [5.41, 5.74) is 4.37. The summed E-state index contributed by atoms with van der Waals surface area (Å²) >= 11 is 0. The molecule has 0 radical (unpaired) electrons. The third kappa shape index (κ3) is 3.58. The predicted molar refractivity (Wildman–Crippen MR) is 100 cm³/mol. The summed E-state index contributed by atoms with van der Waals surface area (Å²) in [7, 11) is 6.01. The molecule has 5 heteroatoms. The lowest BCUT2D eigenvalue weighted by atomic mass is 10.0.